The minimum atomic E-state index is -0.966. The number of hydrazone groups is 1. The van der Waals surface area contributed by atoms with Crippen LogP contribution in [0.5, 0.6) is 0 Å². The lowest BCUT2D eigenvalue weighted by Crippen LogP contribution is -2.49. The second kappa shape index (κ2) is 4.89. The molecule has 1 aromatic rings. The highest BCUT2D eigenvalue weighted by Crippen LogP contribution is 2.45. The van der Waals surface area contributed by atoms with Gasteiger partial charge >= 0.3 is 5.88 Å². The molecule has 0 bridgehead atoms. The van der Waals surface area contributed by atoms with E-state index < -0.39 is 16.0 Å². The summed E-state index contributed by atoms with van der Waals surface area (Å²) in [6.07, 6.45) is 0.658. The van der Waals surface area contributed by atoms with Crippen LogP contribution >= 0.6 is 0 Å². The highest BCUT2D eigenvalue weighted by molar-refractivity contribution is 6.09. The number of hydrogen-bond donors (Lipinski definition) is 0. The first-order valence-electron chi connectivity index (χ1n) is 7.50. The van der Waals surface area contributed by atoms with E-state index in [2.05, 4.69) is 5.10 Å². The molecule has 128 valence electrons. The zero-order valence-corrected chi connectivity index (χ0v) is 13.9. The summed E-state index contributed by atoms with van der Waals surface area (Å²) in [5.41, 5.74) is -1.14. The third kappa shape index (κ3) is 2.11. The summed E-state index contributed by atoms with van der Waals surface area (Å²) in [7, 11) is 1.67. The van der Waals surface area contributed by atoms with Crippen LogP contribution in [0.1, 0.15) is 39.4 Å². The molecule has 0 aliphatic carbocycles. The van der Waals surface area contributed by atoms with Crippen LogP contribution < -0.4 is 0 Å². The molecule has 3 heterocycles. The second-order valence-corrected chi connectivity index (χ2v) is 6.82. The molecular formula is C15H18N4O5. The van der Waals surface area contributed by atoms with E-state index in [1.54, 1.807) is 12.1 Å². The van der Waals surface area contributed by atoms with Gasteiger partial charge in [-0.25, -0.2) is 0 Å². The summed E-state index contributed by atoms with van der Waals surface area (Å²) < 4.78 is 5.19. The lowest BCUT2D eigenvalue weighted by molar-refractivity contribution is -0.402. The van der Waals surface area contributed by atoms with Crippen LogP contribution in [0.15, 0.2) is 21.7 Å². The second-order valence-electron chi connectivity index (χ2n) is 6.82. The Morgan fingerprint density at radius 3 is 2.58 bits per heavy atom. The van der Waals surface area contributed by atoms with E-state index in [1.165, 1.54) is 24.0 Å². The van der Waals surface area contributed by atoms with Gasteiger partial charge < -0.3 is 4.42 Å². The van der Waals surface area contributed by atoms with E-state index in [0.29, 0.717) is 12.1 Å². The van der Waals surface area contributed by atoms with Crippen molar-refractivity contribution in [1.29, 1.82) is 0 Å². The number of carbonyl (C=O) groups excluding carboxylic acids is 2. The lowest BCUT2D eigenvalue weighted by Gasteiger charge is -2.28. The number of hydrogen-bond acceptors (Lipinski definition) is 7. The maximum absolute atomic E-state index is 12.9. The Kier molecular flexibility index (Phi) is 3.29. The van der Waals surface area contributed by atoms with Crippen molar-refractivity contribution in [1.82, 2.24) is 9.91 Å². The fourth-order valence-corrected chi connectivity index (χ4v) is 3.73. The number of nitrogens with zero attached hydrogens (tertiary/aromatic N) is 4. The molecule has 0 radical (unpaired) electrons. The number of furan rings is 1. The normalized spacial score (nSPS) is 25.5. The van der Waals surface area contributed by atoms with Crippen LogP contribution in [-0.4, -0.2) is 50.5 Å². The van der Waals surface area contributed by atoms with Crippen molar-refractivity contribution < 1.29 is 18.9 Å². The van der Waals surface area contributed by atoms with Crippen molar-refractivity contribution in [3.05, 3.63) is 28.0 Å². The van der Waals surface area contributed by atoms with Crippen molar-refractivity contribution in [2.45, 2.75) is 44.7 Å². The average molecular weight is 334 g/mol. The summed E-state index contributed by atoms with van der Waals surface area (Å²) in [5.74, 6) is -0.725. The third-order valence-electron chi connectivity index (χ3n) is 4.65. The Labute approximate surface area is 138 Å². The lowest BCUT2D eigenvalue weighted by atomic mass is 9.85. The van der Waals surface area contributed by atoms with Crippen LogP contribution in [0.3, 0.4) is 0 Å². The minimum Gasteiger partial charge on any atom is -0.399 e. The van der Waals surface area contributed by atoms with Crippen molar-refractivity contribution in [3.63, 3.8) is 0 Å². The number of nitro groups is 1. The van der Waals surface area contributed by atoms with Gasteiger partial charge in [-0.3, -0.25) is 29.6 Å². The van der Waals surface area contributed by atoms with Crippen molar-refractivity contribution in [3.8, 4) is 0 Å². The van der Waals surface area contributed by atoms with Crippen LogP contribution in [0, 0.1) is 10.1 Å². The summed E-state index contributed by atoms with van der Waals surface area (Å²) in [4.78, 5) is 36.2. The molecule has 1 saturated heterocycles. The molecule has 2 amide bonds. The standard InChI is InChI=1S/C15H18N4O5/c1-9(20)18-13(21)15(8-14(18,2)3)7-10(16-17(15)4)11-5-6-12(24-11)19(22)23/h5-6H,7-8H2,1-4H3. The molecule has 24 heavy (non-hydrogen) atoms. The number of carbonyl (C=O) groups is 2. The first kappa shape index (κ1) is 16.2. The number of amides is 2. The maximum atomic E-state index is 12.9. The molecule has 3 rings (SSSR count). The molecule has 0 N–H and O–H groups in total. The Balaban J connectivity index is 1.94. The monoisotopic (exact) mass is 334 g/mol. The van der Waals surface area contributed by atoms with E-state index in [4.69, 9.17) is 4.42 Å². The van der Waals surface area contributed by atoms with E-state index in [0.717, 1.165) is 0 Å². The van der Waals surface area contributed by atoms with E-state index in [-0.39, 0.29) is 29.9 Å². The third-order valence-corrected chi connectivity index (χ3v) is 4.65. The van der Waals surface area contributed by atoms with Gasteiger partial charge in [0, 0.05) is 32.4 Å². The zero-order chi connectivity index (χ0) is 17.9. The van der Waals surface area contributed by atoms with Gasteiger partial charge in [-0.15, -0.1) is 0 Å². The molecule has 1 spiro atoms. The van der Waals surface area contributed by atoms with Gasteiger partial charge in [0.25, 0.3) is 5.91 Å². The quantitative estimate of drug-likeness (QED) is 0.599. The van der Waals surface area contributed by atoms with E-state index in [9.17, 15) is 19.7 Å². The van der Waals surface area contributed by atoms with E-state index in [1.807, 2.05) is 13.8 Å². The number of imide groups is 1. The zero-order valence-electron chi connectivity index (χ0n) is 13.9. The van der Waals surface area contributed by atoms with Crippen LogP contribution in [0.25, 0.3) is 0 Å². The summed E-state index contributed by atoms with van der Waals surface area (Å²) in [6.45, 7) is 5.04. The van der Waals surface area contributed by atoms with Gasteiger partial charge in [0.05, 0.1) is 6.07 Å². The molecule has 1 atom stereocenters. The summed E-state index contributed by atoms with van der Waals surface area (Å²) in [5, 5.41) is 16.7. The molecule has 0 aromatic carbocycles. The fourth-order valence-electron chi connectivity index (χ4n) is 3.73. The predicted octanol–water partition coefficient (Wildman–Crippen LogP) is 1.52. The number of likely N-dealkylation sites (N-methyl/N-ethyl adjacent to an activating group) is 1. The smallest absolute Gasteiger partial charge is 0.399 e. The van der Waals surface area contributed by atoms with Crippen molar-refractivity contribution in [2.75, 3.05) is 7.05 Å². The summed E-state index contributed by atoms with van der Waals surface area (Å²) in [6, 6.07) is 2.72. The van der Waals surface area contributed by atoms with Crippen LogP contribution in [-0.2, 0) is 9.59 Å². The topological polar surface area (TPSA) is 109 Å². The largest absolute Gasteiger partial charge is 0.433 e. The van der Waals surface area contributed by atoms with Crippen LogP contribution in [0.4, 0.5) is 5.88 Å². The van der Waals surface area contributed by atoms with Gasteiger partial charge in [0.1, 0.15) is 16.2 Å². The Morgan fingerprint density at radius 1 is 1.42 bits per heavy atom. The van der Waals surface area contributed by atoms with E-state index >= 15 is 0 Å². The van der Waals surface area contributed by atoms with Gasteiger partial charge in [-0.1, -0.05) is 0 Å². The molecule has 1 aromatic heterocycles. The molecular weight excluding hydrogens is 316 g/mol. The molecule has 2 aliphatic rings. The van der Waals surface area contributed by atoms with Crippen LogP contribution in [0.2, 0.25) is 0 Å². The molecule has 9 nitrogen and oxygen atoms in total. The van der Waals surface area contributed by atoms with Gasteiger partial charge in [0.15, 0.2) is 5.76 Å². The van der Waals surface area contributed by atoms with Crippen molar-refractivity contribution >= 4 is 23.4 Å². The summed E-state index contributed by atoms with van der Waals surface area (Å²) >= 11 is 0. The molecule has 9 heteroatoms. The molecule has 1 unspecified atom stereocenters. The SMILES string of the molecule is CC(=O)N1C(=O)C2(CC(c3ccc([N+](=O)[O-])o3)=NN2C)CC1(C)C. The Bertz CT molecular complexity index is 781. The molecule has 0 saturated carbocycles. The first-order valence-corrected chi connectivity index (χ1v) is 7.50. The predicted molar refractivity (Wildman–Crippen MR) is 83.2 cm³/mol. The highest BCUT2D eigenvalue weighted by Gasteiger charge is 2.61. The highest BCUT2D eigenvalue weighted by atomic mass is 16.6. The molecule has 1 fully saturated rings. The minimum absolute atomic E-state index is 0.236. The molecule has 2 aliphatic heterocycles. The first-order chi connectivity index (χ1) is 11.1. The number of rotatable bonds is 2. The maximum Gasteiger partial charge on any atom is 0.433 e. The average Bonchev–Trinajstić information content (AvgIpc) is 3.08. The van der Waals surface area contributed by atoms with Gasteiger partial charge in [0.2, 0.25) is 5.91 Å². The van der Waals surface area contributed by atoms with Crippen molar-refractivity contribution in [2.24, 2.45) is 5.10 Å². The Morgan fingerprint density at radius 2 is 2.08 bits per heavy atom. The Hall–Kier alpha value is -2.71. The fraction of sp³-hybridized carbons (Fsp3) is 0.533. The van der Waals surface area contributed by atoms with Gasteiger partial charge in [-0.2, -0.15) is 5.10 Å². The van der Waals surface area contributed by atoms with Gasteiger partial charge in [-0.05, 0) is 19.9 Å². The number of likely N-dealkylation sites (tertiary alicyclic amines) is 1.